The maximum Gasteiger partial charge on any atom is 0.389 e. The highest BCUT2D eigenvalue weighted by molar-refractivity contribution is 5.71. The van der Waals surface area contributed by atoms with Crippen LogP contribution < -0.4 is 0 Å². The fraction of sp³-hybridized carbons (Fsp3) is 0.875. The Morgan fingerprint density at radius 3 is 2.52 bits per heavy atom. The van der Waals surface area contributed by atoms with E-state index in [2.05, 4.69) is 0 Å². The van der Waals surface area contributed by atoms with Gasteiger partial charge in [0.05, 0.1) is 12.0 Å². The largest absolute Gasteiger partial charge is 0.481 e. The molecule has 0 aromatic rings. The summed E-state index contributed by atoms with van der Waals surface area (Å²) in [7, 11) is 0. The van der Waals surface area contributed by atoms with Gasteiger partial charge in [0.15, 0.2) is 6.29 Å². The Hall–Kier alpha value is -1.35. The van der Waals surface area contributed by atoms with Gasteiger partial charge in [0.1, 0.15) is 0 Å². The molecule has 1 N–H and O–H groups in total. The minimum atomic E-state index is -4.45. The normalized spacial score (nSPS) is 21.0. The van der Waals surface area contributed by atoms with Gasteiger partial charge >= 0.3 is 12.1 Å². The summed E-state index contributed by atoms with van der Waals surface area (Å²) in [4.78, 5) is 28.4. The molecule has 0 aromatic carbocycles. The highest BCUT2D eigenvalue weighted by Crippen LogP contribution is 2.30. The number of aliphatic carboxylic acids is 1. The fourth-order valence-corrected chi connectivity index (χ4v) is 2.86. The van der Waals surface area contributed by atoms with Crippen molar-refractivity contribution in [1.29, 1.82) is 0 Å². The summed E-state index contributed by atoms with van der Waals surface area (Å²) in [5, 5.41) is 10.2. The Bertz CT molecular complexity index is 424. The summed E-state index contributed by atoms with van der Waals surface area (Å²) in [6.07, 6.45) is -4.42. The van der Waals surface area contributed by atoms with E-state index in [4.69, 9.17) is 9.57 Å². The molecule has 6 nitrogen and oxygen atoms in total. The van der Waals surface area contributed by atoms with Crippen molar-refractivity contribution in [2.45, 2.75) is 70.9 Å². The number of hydroxylamine groups is 2. The number of carboxylic acids is 1. The molecule has 9 heteroatoms. The number of nitrogens with zero attached hydrogens (tertiary/aromatic N) is 1. The molecule has 1 amide bonds. The van der Waals surface area contributed by atoms with Crippen molar-refractivity contribution in [3.05, 3.63) is 0 Å². The molecule has 1 aliphatic rings. The molecule has 25 heavy (non-hydrogen) atoms. The average Bonchev–Trinajstić information content (AvgIpc) is 2.52. The molecule has 0 aromatic heterocycles. The Balaban J connectivity index is 2.94. The number of carbonyl (C=O) groups excluding carboxylic acids is 1. The van der Waals surface area contributed by atoms with Crippen LogP contribution >= 0.6 is 0 Å². The molecule has 1 aliphatic heterocycles. The second-order valence-corrected chi connectivity index (χ2v) is 6.66. The monoisotopic (exact) mass is 369 g/mol. The van der Waals surface area contributed by atoms with Crippen molar-refractivity contribution in [3.63, 3.8) is 0 Å². The van der Waals surface area contributed by atoms with E-state index in [1.165, 1.54) is 0 Å². The van der Waals surface area contributed by atoms with Gasteiger partial charge in [0.25, 0.3) is 0 Å². The van der Waals surface area contributed by atoms with Gasteiger partial charge in [-0.25, -0.2) is 9.90 Å². The lowest BCUT2D eigenvalue weighted by Crippen LogP contribution is -2.46. The zero-order valence-electron chi connectivity index (χ0n) is 14.5. The summed E-state index contributed by atoms with van der Waals surface area (Å²) in [5.41, 5.74) is 0. The zero-order chi connectivity index (χ0) is 19.0. The highest BCUT2D eigenvalue weighted by atomic mass is 19.4. The van der Waals surface area contributed by atoms with Crippen molar-refractivity contribution in [2.75, 3.05) is 6.61 Å². The molecule has 3 atom stereocenters. The molecular weight excluding hydrogens is 343 g/mol. The van der Waals surface area contributed by atoms with Crippen LogP contribution in [0.25, 0.3) is 0 Å². The molecule has 0 spiro atoms. The molecule has 146 valence electrons. The third-order valence-corrected chi connectivity index (χ3v) is 4.04. The van der Waals surface area contributed by atoms with Crippen molar-refractivity contribution in [2.24, 2.45) is 11.8 Å². The molecule has 1 unspecified atom stereocenters. The molecule has 1 heterocycles. The minimum Gasteiger partial charge on any atom is -0.481 e. The van der Waals surface area contributed by atoms with Crippen molar-refractivity contribution in [1.82, 2.24) is 5.06 Å². The van der Waals surface area contributed by atoms with Gasteiger partial charge in [-0.2, -0.15) is 13.2 Å². The highest BCUT2D eigenvalue weighted by Gasteiger charge is 2.38. The molecule has 0 bridgehead atoms. The van der Waals surface area contributed by atoms with E-state index < -0.39 is 43.2 Å². The predicted molar refractivity (Wildman–Crippen MR) is 82.2 cm³/mol. The van der Waals surface area contributed by atoms with Crippen LogP contribution in [0, 0.1) is 11.8 Å². The summed E-state index contributed by atoms with van der Waals surface area (Å²) < 4.78 is 43.3. The van der Waals surface area contributed by atoms with Gasteiger partial charge in [0.2, 0.25) is 6.41 Å². The van der Waals surface area contributed by atoms with Crippen LogP contribution in [-0.4, -0.2) is 47.7 Å². The second kappa shape index (κ2) is 9.96. The quantitative estimate of drug-likeness (QED) is 0.472. The van der Waals surface area contributed by atoms with E-state index in [0.29, 0.717) is 18.1 Å². The van der Waals surface area contributed by atoms with E-state index >= 15 is 0 Å². The zero-order valence-corrected chi connectivity index (χ0v) is 14.5. The summed E-state index contributed by atoms with van der Waals surface area (Å²) in [6.45, 7) is 3.97. The maximum atomic E-state index is 12.6. The van der Waals surface area contributed by atoms with Crippen molar-refractivity contribution in [3.8, 4) is 0 Å². The van der Waals surface area contributed by atoms with Crippen LogP contribution in [0.5, 0.6) is 0 Å². The molecule has 0 saturated carbocycles. The van der Waals surface area contributed by atoms with Crippen molar-refractivity contribution >= 4 is 12.4 Å². The number of carboxylic acid groups (broad SMARTS) is 1. The third kappa shape index (κ3) is 8.04. The van der Waals surface area contributed by atoms with Crippen molar-refractivity contribution < 1.29 is 37.4 Å². The van der Waals surface area contributed by atoms with E-state index in [-0.39, 0.29) is 18.7 Å². The van der Waals surface area contributed by atoms with Crippen LogP contribution in [-0.2, 0) is 19.2 Å². The summed E-state index contributed by atoms with van der Waals surface area (Å²) in [6, 6.07) is -1.22. The van der Waals surface area contributed by atoms with E-state index in [9.17, 15) is 27.9 Å². The van der Waals surface area contributed by atoms with Gasteiger partial charge in [-0.1, -0.05) is 13.8 Å². The first-order valence-electron chi connectivity index (χ1n) is 8.45. The number of carbonyl (C=O) groups is 2. The molecule has 0 aliphatic carbocycles. The lowest BCUT2D eigenvalue weighted by atomic mass is 9.87. The topological polar surface area (TPSA) is 76.1 Å². The number of hydrogen-bond donors (Lipinski definition) is 1. The van der Waals surface area contributed by atoms with Crippen LogP contribution in [0.4, 0.5) is 13.2 Å². The van der Waals surface area contributed by atoms with E-state index in [1.54, 1.807) is 13.8 Å². The average molecular weight is 369 g/mol. The number of amides is 1. The maximum absolute atomic E-state index is 12.6. The Labute approximate surface area is 145 Å². The fourth-order valence-electron chi connectivity index (χ4n) is 2.86. The second-order valence-electron chi connectivity index (χ2n) is 6.66. The van der Waals surface area contributed by atoms with Gasteiger partial charge in [-0.05, 0) is 31.6 Å². The summed E-state index contributed by atoms with van der Waals surface area (Å²) >= 11 is 0. The molecule has 0 radical (unpaired) electrons. The Morgan fingerprint density at radius 2 is 2.08 bits per heavy atom. The standard InChI is InChI=1S/C16H26F3NO5/c1-11(2)9-12(15(22)23)13(6-7-16(17,18)19)20(10-21)25-14-5-3-4-8-24-14/h10-14H,3-9H2,1-2H3,(H,22,23)/t12-,13-,14?/m0/s1. The van der Waals surface area contributed by atoms with E-state index in [0.717, 1.165) is 12.8 Å². The molecule has 1 saturated heterocycles. The minimum absolute atomic E-state index is 0.0612. The third-order valence-electron chi connectivity index (χ3n) is 4.04. The van der Waals surface area contributed by atoms with Crippen LogP contribution in [0.1, 0.15) is 52.4 Å². The summed E-state index contributed by atoms with van der Waals surface area (Å²) in [5.74, 6) is -2.47. The first-order chi connectivity index (χ1) is 11.6. The van der Waals surface area contributed by atoms with E-state index in [1.807, 2.05) is 0 Å². The molecule has 1 fully saturated rings. The number of halogens is 3. The Kier molecular flexibility index (Phi) is 8.64. The molecular formula is C16H26F3NO5. The number of alkyl halides is 3. The van der Waals surface area contributed by atoms with Gasteiger partial charge in [-0.15, -0.1) is 0 Å². The number of rotatable bonds is 10. The smallest absolute Gasteiger partial charge is 0.389 e. The van der Waals surface area contributed by atoms with Crippen LogP contribution in [0.15, 0.2) is 0 Å². The van der Waals surface area contributed by atoms with Gasteiger partial charge in [-0.3, -0.25) is 9.59 Å². The molecule has 1 rings (SSSR count). The number of hydrogen-bond acceptors (Lipinski definition) is 4. The Morgan fingerprint density at radius 1 is 1.40 bits per heavy atom. The van der Waals surface area contributed by atoms with Crippen LogP contribution in [0.3, 0.4) is 0 Å². The van der Waals surface area contributed by atoms with Gasteiger partial charge in [0, 0.05) is 19.4 Å². The lowest BCUT2D eigenvalue weighted by Gasteiger charge is -2.35. The predicted octanol–water partition coefficient (Wildman–Crippen LogP) is 3.36. The van der Waals surface area contributed by atoms with Crippen LogP contribution in [0.2, 0.25) is 0 Å². The SMILES string of the molecule is CC(C)C[C@H](C(=O)O)[C@H](CCC(F)(F)F)N(C=O)OC1CCCCO1. The van der Waals surface area contributed by atoms with Gasteiger partial charge < -0.3 is 9.84 Å². The first kappa shape index (κ1) is 21.7. The first-order valence-corrected chi connectivity index (χ1v) is 8.45. The number of ether oxygens (including phenoxy) is 1. The lowest BCUT2D eigenvalue weighted by molar-refractivity contribution is -0.292.